The van der Waals surface area contributed by atoms with Gasteiger partial charge in [-0.05, 0) is 19.8 Å². The first-order valence-electron chi connectivity index (χ1n) is 5.30. The number of sulfonamides is 1. The molecule has 0 atom stereocenters. The molecule has 0 unspecified atom stereocenters. The van der Waals surface area contributed by atoms with Crippen molar-refractivity contribution in [3.63, 3.8) is 0 Å². The number of ether oxygens (including phenoxy) is 1. The Kier molecular flexibility index (Phi) is 4.84. The summed E-state index contributed by atoms with van der Waals surface area (Å²) in [6.45, 7) is 1.64. The lowest BCUT2D eigenvalue weighted by Crippen LogP contribution is -2.41. The maximum atomic E-state index is 11.9. The first-order chi connectivity index (χ1) is 7.86. The molecular weight excluding hydrogens is 264 g/mol. The number of carbonyl (C=O) groups is 1. The summed E-state index contributed by atoms with van der Waals surface area (Å²) in [5.41, 5.74) is 5.24. The SMILES string of the molecule is CCOC(=O)CN(C1CC1)S(=O)(=O)CC(N)=S. The summed E-state index contributed by atoms with van der Waals surface area (Å²) >= 11 is 4.59. The summed E-state index contributed by atoms with van der Waals surface area (Å²) in [5, 5.41) is 0. The highest BCUT2D eigenvalue weighted by molar-refractivity contribution is 7.92. The van der Waals surface area contributed by atoms with Crippen LogP contribution in [0.2, 0.25) is 0 Å². The highest BCUT2D eigenvalue weighted by Crippen LogP contribution is 2.29. The average molecular weight is 280 g/mol. The second-order valence-corrected chi connectivity index (χ2v) is 6.25. The van der Waals surface area contributed by atoms with Crippen LogP contribution in [-0.4, -0.2) is 48.6 Å². The minimum Gasteiger partial charge on any atom is -0.465 e. The van der Waals surface area contributed by atoms with Crippen LogP contribution in [-0.2, 0) is 19.6 Å². The molecule has 1 fully saturated rings. The number of hydrogen-bond donors (Lipinski definition) is 1. The van der Waals surface area contributed by atoms with Gasteiger partial charge in [0, 0.05) is 6.04 Å². The van der Waals surface area contributed by atoms with Crippen molar-refractivity contribution in [2.24, 2.45) is 5.73 Å². The molecule has 0 bridgehead atoms. The summed E-state index contributed by atoms with van der Waals surface area (Å²) in [5.74, 6) is -0.955. The van der Waals surface area contributed by atoms with E-state index in [1.807, 2.05) is 0 Å². The van der Waals surface area contributed by atoms with E-state index < -0.39 is 21.7 Å². The molecule has 0 heterocycles. The highest BCUT2D eigenvalue weighted by atomic mass is 32.2. The molecule has 0 aromatic rings. The topological polar surface area (TPSA) is 89.7 Å². The van der Waals surface area contributed by atoms with Crippen molar-refractivity contribution < 1.29 is 17.9 Å². The fraction of sp³-hybridized carbons (Fsp3) is 0.778. The van der Waals surface area contributed by atoms with E-state index in [-0.39, 0.29) is 24.2 Å². The van der Waals surface area contributed by atoms with Crippen LogP contribution in [0, 0.1) is 0 Å². The lowest BCUT2D eigenvalue weighted by molar-refractivity contribution is -0.143. The molecule has 0 saturated heterocycles. The number of nitrogens with zero attached hydrogens (tertiary/aromatic N) is 1. The number of nitrogens with two attached hydrogens (primary N) is 1. The standard InChI is InChI=1S/C9H16N2O4S2/c1-2-15-9(12)5-11(7-3-4-7)17(13,14)6-8(10)16/h7H,2-6H2,1H3,(H2,10,16). The van der Waals surface area contributed by atoms with Gasteiger partial charge in [-0.2, -0.15) is 4.31 Å². The molecule has 1 aliphatic carbocycles. The van der Waals surface area contributed by atoms with Gasteiger partial charge in [0.15, 0.2) is 0 Å². The molecule has 0 aromatic carbocycles. The maximum Gasteiger partial charge on any atom is 0.321 e. The van der Waals surface area contributed by atoms with Gasteiger partial charge < -0.3 is 10.5 Å². The number of esters is 1. The average Bonchev–Trinajstić information content (AvgIpc) is 2.95. The Hall–Kier alpha value is -0.730. The van der Waals surface area contributed by atoms with Crippen molar-refractivity contribution in [1.29, 1.82) is 0 Å². The minimum absolute atomic E-state index is 0.0977. The normalized spacial score (nSPS) is 15.9. The van der Waals surface area contributed by atoms with Crippen LogP contribution in [0.15, 0.2) is 0 Å². The van der Waals surface area contributed by atoms with Crippen molar-refractivity contribution in [2.45, 2.75) is 25.8 Å². The molecule has 0 spiro atoms. The first-order valence-corrected chi connectivity index (χ1v) is 7.32. The molecule has 1 rings (SSSR count). The Morgan fingerprint density at radius 2 is 2.12 bits per heavy atom. The van der Waals surface area contributed by atoms with Gasteiger partial charge >= 0.3 is 5.97 Å². The van der Waals surface area contributed by atoms with Gasteiger partial charge in [-0.1, -0.05) is 12.2 Å². The summed E-state index contributed by atoms with van der Waals surface area (Å²) in [4.78, 5) is 11.2. The highest BCUT2D eigenvalue weighted by Gasteiger charge is 2.38. The second-order valence-electron chi connectivity index (χ2n) is 3.80. The zero-order valence-electron chi connectivity index (χ0n) is 9.59. The lowest BCUT2D eigenvalue weighted by atomic mass is 10.6. The molecule has 0 aliphatic heterocycles. The van der Waals surface area contributed by atoms with Crippen LogP contribution < -0.4 is 5.73 Å². The van der Waals surface area contributed by atoms with Gasteiger partial charge in [0.25, 0.3) is 0 Å². The summed E-state index contributed by atoms with van der Waals surface area (Å²) in [6, 6.07) is -0.112. The number of thiocarbonyl (C=S) groups is 1. The van der Waals surface area contributed by atoms with Gasteiger partial charge in [0.2, 0.25) is 10.0 Å². The summed E-state index contributed by atoms with van der Waals surface area (Å²) < 4.78 is 29.7. The van der Waals surface area contributed by atoms with Gasteiger partial charge in [-0.25, -0.2) is 8.42 Å². The molecule has 0 aromatic heterocycles. The lowest BCUT2D eigenvalue weighted by Gasteiger charge is -2.20. The van der Waals surface area contributed by atoms with Gasteiger partial charge in [-0.3, -0.25) is 4.79 Å². The van der Waals surface area contributed by atoms with E-state index in [4.69, 9.17) is 10.5 Å². The van der Waals surface area contributed by atoms with Gasteiger partial charge in [0.05, 0.1) is 11.6 Å². The largest absolute Gasteiger partial charge is 0.465 e. The minimum atomic E-state index is -3.61. The third-order valence-electron chi connectivity index (χ3n) is 2.23. The van der Waals surface area contributed by atoms with Crippen molar-refractivity contribution >= 4 is 33.2 Å². The molecule has 98 valence electrons. The van der Waals surface area contributed by atoms with Crippen molar-refractivity contribution in [3.05, 3.63) is 0 Å². The van der Waals surface area contributed by atoms with Crippen LogP contribution in [0.25, 0.3) is 0 Å². The Balaban J connectivity index is 2.72. The molecule has 0 amide bonds. The van der Waals surface area contributed by atoms with Crippen LogP contribution in [0.3, 0.4) is 0 Å². The molecule has 1 aliphatic rings. The quantitative estimate of drug-likeness (QED) is 0.505. The van der Waals surface area contributed by atoms with E-state index >= 15 is 0 Å². The zero-order chi connectivity index (χ0) is 13.1. The molecule has 17 heavy (non-hydrogen) atoms. The monoisotopic (exact) mass is 280 g/mol. The first kappa shape index (κ1) is 14.3. The predicted molar refractivity (Wildman–Crippen MR) is 66.9 cm³/mol. The zero-order valence-corrected chi connectivity index (χ0v) is 11.2. The van der Waals surface area contributed by atoms with Crippen molar-refractivity contribution in [1.82, 2.24) is 4.31 Å². The van der Waals surface area contributed by atoms with Crippen LogP contribution >= 0.6 is 12.2 Å². The van der Waals surface area contributed by atoms with E-state index in [1.54, 1.807) is 6.92 Å². The molecule has 2 N–H and O–H groups in total. The summed E-state index contributed by atoms with van der Waals surface area (Å²) in [6.07, 6.45) is 1.52. The Labute approximate surface area is 106 Å². The Morgan fingerprint density at radius 1 is 1.53 bits per heavy atom. The van der Waals surface area contributed by atoms with Crippen molar-refractivity contribution in [2.75, 3.05) is 18.9 Å². The van der Waals surface area contributed by atoms with E-state index in [2.05, 4.69) is 12.2 Å². The molecule has 8 heteroatoms. The van der Waals surface area contributed by atoms with E-state index in [0.717, 1.165) is 17.1 Å². The van der Waals surface area contributed by atoms with Crippen LogP contribution in [0.4, 0.5) is 0 Å². The number of carbonyl (C=O) groups excluding carboxylic acids is 1. The van der Waals surface area contributed by atoms with Crippen LogP contribution in [0.1, 0.15) is 19.8 Å². The molecular formula is C9H16N2O4S2. The van der Waals surface area contributed by atoms with Gasteiger partial charge in [-0.15, -0.1) is 0 Å². The van der Waals surface area contributed by atoms with Crippen molar-refractivity contribution in [3.8, 4) is 0 Å². The van der Waals surface area contributed by atoms with Crippen LogP contribution in [0.5, 0.6) is 0 Å². The third kappa shape index (κ3) is 4.57. The third-order valence-corrected chi connectivity index (χ3v) is 4.37. The molecule has 0 radical (unpaired) electrons. The molecule has 1 saturated carbocycles. The number of hydrogen-bond acceptors (Lipinski definition) is 5. The second kappa shape index (κ2) is 5.74. The van der Waals surface area contributed by atoms with Gasteiger partial charge in [0.1, 0.15) is 12.3 Å². The molecule has 6 nitrogen and oxygen atoms in total. The summed E-state index contributed by atoms with van der Waals surface area (Å²) in [7, 11) is -3.61. The Morgan fingerprint density at radius 3 is 2.53 bits per heavy atom. The smallest absolute Gasteiger partial charge is 0.321 e. The fourth-order valence-electron chi connectivity index (χ4n) is 1.41. The fourth-order valence-corrected chi connectivity index (χ4v) is 3.35. The Bertz CT molecular complexity index is 403. The maximum absolute atomic E-state index is 11.9. The van der Waals surface area contributed by atoms with E-state index in [1.165, 1.54) is 0 Å². The van der Waals surface area contributed by atoms with E-state index in [9.17, 15) is 13.2 Å². The predicted octanol–water partition coefficient (Wildman–Crippen LogP) is -0.370. The number of rotatable bonds is 7. The van der Waals surface area contributed by atoms with E-state index in [0.29, 0.717) is 0 Å².